The minimum atomic E-state index is -3.83. The van der Waals surface area contributed by atoms with Crippen molar-refractivity contribution in [2.75, 3.05) is 0 Å². The maximum atomic E-state index is 11.7. The predicted octanol–water partition coefficient (Wildman–Crippen LogP) is 1.60. The molecule has 0 bridgehead atoms. The zero-order valence-electron chi connectivity index (χ0n) is 10.6. The van der Waals surface area contributed by atoms with Crippen molar-refractivity contribution < 1.29 is 8.42 Å². The summed E-state index contributed by atoms with van der Waals surface area (Å²) < 4.78 is 24.5. The Bertz CT molecular complexity index is 1000. The van der Waals surface area contributed by atoms with Crippen LogP contribution in [0.5, 0.6) is 0 Å². The Morgan fingerprint density at radius 2 is 1.95 bits per heavy atom. The van der Waals surface area contributed by atoms with Gasteiger partial charge in [-0.1, -0.05) is 11.6 Å². The van der Waals surface area contributed by atoms with Crippen molar-refractivity contribution in [3.8, 4) is 11.3 Å². The van der Waals surface area contributed by atoms with E-state index in [-0.39, 0.29) is 10.5 Å². The predicted molar refractivity (Wildman–Crippen MR) is 79.8 cm³/mol. The van der Waals surface area contributed by atoms with E-state index in [0.29, 0.717) is 21.8 Å². The van der Waals surface area contributed by atoms with Gasteiger partial charge in [0.25, 0.3) is 5.56 Å². The molecule has 3 rings (SSSR count). The molecule has 0 aliphatic rings. The average molecular weight is 324 g/mol. The summed E-state index contributed by atoms with van der Waals surface area (Å²) in [5.41, 5.74) is 1.27. The van der Waals surface area contributed by atoms with Crippen molar-refractivity contribution in [2.45, 2.75) is 4.90 Å². The molecule has 0 fully saturated rings. The maximum Gasteiger partial charge on any atom is 0.272 e. The molecule has 3 N–H and O–H groups in total. The van der Waals surface area contributed by atoms with Crippen LogP contribution in [0.15, 0.2) is 52.4 Å². The SMILES string of the molecule is NS(=O)(=O)c1ccc(Cl)c(-c2ccc3c(=O)[nH]ccn23)c1. The van der Waals surface area contributed by atoms with E-state index < -0.39 is 10.0 Å². The number of primary sulfonamides is 1. The number of fused-ring (bicyclic) bond motifs is 1. The van der Waals surface area contributed by atoms with Gasteiger partial charge in [0.05, 0.1) is 10.6 Å². The van der Waals surface area contributed by atoms with E-state index in [9.17, 15) is 13.2 Å². The minimum absolute atomic E-state index is 0.0401. The van der Waals surface area contributed by atoms with Crippen LogP contribution < -0.4 is 10.7 Å². The van der Waals surface area contributed by atoms with Crippen molar-refractivity contribution in [1.82, 2.24) is 9.38 Å². The highest BCUT2D eigenvalue weighted by atomic mass is 35.5. The molecule has 21 heavy (non-hydrogen) atoms. The summed E-state index contributed by atoms with van der Waals surface area (Å²) in [5.74, 6) is 0. The summed E-state index contributed by atoms with van der Waals surface area (Å²) in [6.07, 6.45) is 3.16. The van der Waals surface area contributed by atoms with Crippen LogP contribution in [0.2, 0.25) is 5.02 Å². The molecule has 0 saturated heterocycles. The van der Waals surface area contributed by atoms with Gasteiger partial charge in [-0.05, 0) is 30.3 Å². The number of nitrogens with one attached hydrogen (secondary N) is 1. The number of nitrogens with two attached hydrogens (primary N) is 1. The smallest absolute Gasteiger partial charge is 0.272 e. The van der Waals surface area contributed by atoms with Crippen LogP contribution in [0.1, 0.15) is 0 Å². The van der Waals surface area contributed by atoms with E-state index in [4.69, 9.17) is 16.7 Å². The van der Waals surface area contributed by atoms with E-state index in [1.54, 1.807) is 22.7 Å². The summed E-state index contributed by atoms with van der Waals surface area (Å²) in [4.78, 5) is 14.2. The zero-order valence-corrected chi connectivity index (χ0v) is 12.1. The number of hydrogen-bond acceptors (Lipinski definition) is 3. The highest BCUT2D eigenvalue weighted by Crippen LogP contribution is 2.30. The third-order valence-electron chi connectivity index (χ3n) is 3.13. The third kappa shape index (κ3) is 2.35. The standard InChI is InChI=1S/C13H10ClN3O3S/c14-10-2-1-8(21(15,19)20)7-9(10)11-3-4-12-13(18)16-5-6-17(11)12/h1-7H,(H,16,18)(H2,15,19,20). The molecule has 0 unspecified atom stereocenters. The molecule has 0 amide bonds. The first-order chi connectivity index (χ1) is 9.88. The lowest BCUT2D eigenvalue weighted by atomic mass is 10.1. The number of hydrogen-bond donors (Lipinski definition) is 2. The molecule has 0 aliphatic carbocycles. The molecule has 2 aromatic heterocycles. The number of sulfonamides is 1. The third-order valence-corrected chi connectivity index (χ3v) is 4.37. The molecule has 0 radical (unpaired) electrons. The molecule has 0 spiro atoms. The molecule has 108 valence electrons. The number of aromatic amines is 1. The number of rotatable bonds is 2. The quantitative estimate of drug-likeness (QED) is 0.749. The first-order valence-corrected chi connectivity index (χ1v) is 7.82. The van der Waals surface area contributed by atoms with Crippen LogP contribution in [-0.4, -0.2) is 17.8 Å². The monoisotopic (exact) mass is 323 g/mol. The molecule has 8 heteroatoms. The maximum absolute atomic E-state index is 11.7. The van der Waals surface area contributed by atoms with E-state index >= 15 is 0 Å². The number of halogens is 1. The Hall–Kier alpha value is -2.09. The molecule has 2 heterocycles. The van der Waals surface area contributed by atoms with E-state index in [1.807, 2.05) is 0 Å². The second-order valence-corrected chi connectivity index (χ2v) is 6.42. The van der Waals surface area contributed by atoms with Gasteiger partial charge in [-0.25, -0.2) is 13.6 Å². The van der Waals surface area contributed by atoms with Crippen molar-refractivity contribution >= 4 is 27.1 Å². The number of benzene rings is 1. The topological polar surface area (TPSA) is 97.4 Å². The molecular weight excluding hydrogens is 314 g/mol. The van der Waals surface area contributed by atoms with Gasteiger partial charge in [-0.2, -0.15) is 0 Å². The van der Waals surface area contributed by atoms with Crippen molar-refractivity contribution in [2.24, 2.45) is 5.14 Å². The fraction of sp³-hybridized carbons (Fsp3) is 0. The highest BCUT2D eigenvalue weighted by molar-refractivity contribution is 7.89. The summed E-state index contributed by atoms with van der Waals surface area (Å²) >= 11 is 6.14. The van der Waals surface area contributed by atoms with Crippen molar-refractivity contribution in [3.05, 3.63) is 58.1 Å². The van der Waals surface area contributed by atoms with Gasteiger partial charge in [0.15, 0.2) is 0 Å². The molecule has 0 aliphatic heterocycles. The first kappa shape index (κ1) is 13.9. The highest BCUT2D eigenvalue weighted by Gasteiger charge is 2.14. The fourth-order valence-electron chi connectivity index (χ4n) is 2.15. The molecular formula is C13H10ClN3O3S. The second-order valence-electron chi connectivity index (χ2n) is 4.45. The summed E-state index contributed by atoms with van der Waals surface area (Å²) in [7, 11) is -3.83. The van der Waals surface area contributed by atoms with E-state index in [0.717, 1.165) is 0 Å². The molecule has 6 nitrogen and oxygen atoms in total. The normalized spacial score (nSPS) is 11.9. The van der Waals surface area contributed by atoms with Crippen molar-refractivity contribution in [1.29, 1.82) is 0 Å². The molecule has 0 atom stereocenters. The van der Waals surface area contributed by atoms with Gasteiger partial charge in [0.1, 0.15) is 5.52 Å². The van der Waals surface area contributed by atoms with Crippen LogP contribution >= 0.6 is 11.6 Å². The van der Waals surface area contributed by atoms with Crippen LogP contribution in [0.3, 0.4) is 0 Å². The van der Waals surface area contributed by atoms with E-state index in [2.05, 4.69) is 4.98 Å². The summed E-state index contributed by atoms with van der Waals surface area (Å²) in [6.45, 7) is 0. The molecule has 3 aromatic rings. The lowest BCUT2D eigenvalue weighted by Gasteiger charge is -2.07. The minimum Gasteiger partial charge on any atom is -0.326 e. The fourth-order valence-corrected chi connectivity index (χ4v) is 2.91. The Morgan fingerprint density at radius 1 is 1.19 bits per heavy atom. The van der Waals surface area contributed by atoms with Gasteiger partial charge in [0.2, 0.25) is 10.0 Å². The Morgan fingerprint density at radius 3 is 2.67 bits per heavy atom. The van der Waals surface area contributed by atoms with Gasteiger partial charge >= 0.3 is 0 Å². The molecule has 1 aromatic carbocycles. The van der Waals surface area contributed by atoms with Crippen LogP contribution in [0.25, 0.3) is 16.8 Å². The van der Waals surface area contributed by atoms with Gasteiger partial charge in [-0.3, -0.25) is 4.79 Å². The molecule has 0 saturated carbocycles. The summed E-state index contributed by atoms with van der Waals surface area (Å²) in [6, 6.07) is 7.51. The van der Waals surface area contributed by atoms with Gasteiger partial charge in [-0.15, -0.1) is 0 Å². The lowest BCUT2D eigenvalue weighted by molar-refractivity contribution is 0.598. The number of H-pyrrole nitrogens is 1. The average Bonchev–Trinajstić information content (AvgIpc) is 2.83. The number of aromatic nitrogens is 2. The Balaban J connectivity index is 2.33. The van der Waals surface area contributed by atoms with Gasteiger partial charge in [0, 0.05) is 23.0 Å². The van der Waals surface area contributed by atoms with E-state index in [1.165, 1.54) is 24.4 Å². The largest absolute Gasteiger partial charge is 0.326 e. The van der Waals surface area contributed by atoms with Crippen LogP contribution in [0.4, 0.5) is 0 Å². The lowest BCUT2D eigenvalue weighted by Crippen LogP contribution is -2.12. The van der Waals surface area contributed by atoms with Crippen molar-refractivity contribution in [3.63, 3.8) is 0 Å². The summed E-state index contributed by atoms with van der Waals surface area (Å²) in [5, 5.41) is 5.50. The Kier molecular flexibility index (Phi) is 3.12. The van der Waals surface area contributed by atoms with Crippen LogP contribution in [0, 0.1) is 0 Å². The van der Waals surface area contributed by atoms with Crippen LogP contribution in [-0.2, 0) is 10.0 Å². The first-order valence-electron chi connectivity index (χ1n) is 5.89. The zero-order chi connectivity index (χ0) is 15.2. The van der Waals surface area contributed by atoms with Gasteiger partial charge < -0.3 is 9.38 Å². The number of nitrogens with zero attached hydrogens (tertiary/aromatic N) is 1. The second kappa shape index (κ2) is 4.73. The Labute approximate surface area is 124 Å².